The molecule has 0 aliphatic heterocycles. The predicted molar refractivity (Wildman–Crippen MR) is 112 cm³/mol. The van der Waals surface area contributed by atoms with Crippen molar-refractivity contribution in [2.45, 2.75) is 0 Å². The number of ether oxygens (including phenoxy) is 1. The normalized spacial score (nSPS) is 12.3. The van der Waals surface area contributed by atoms with E-state index in [1.807, 2.05) is 18.2 Å². The van der Waals surface area contributed by atoms with Gasteiger partial charge in [-0.05, 0) is 48.0 Å². The number of fused-ring (bicyclic) bond motifs is 1. The summed E-state index contributed by atoms with van der Waals surface area (Å²) in [5.41, 5.74) is 1.36. The maximum atomic E-state index is 13.0. The molecule has 2 aromatic heterocycles. The van der Waals surface area contributed by atoms with Crippen molar-refractivity contribution in [3.05, 3.63) is 84.6 Å². The summed E-state index contributed by atoms with van der Waals surface area (Å²) >= 11 is 4.68. The Kier molecular flexibility index (Phi) is 5.06. The van der Waals surface area contributed by atoms with Crippen molar-refractivity contribution >= 4 is 50.5 Å². The molecule has 0 amide bonds. The molecule has 0 bridgehead atoms. The smallest absolute Gasteiger partial charge is 0.291 e. The van der Waals surface area contributed by atoms with Gasteiger partial charge in [0.15, 0.2) is 5.82 Å². The van der Waals surface area contributed by atoms with Crippen molar-refractivity contribution in [3.8, 4) is 5.75 Å². The Morgan fingerprint density at radius 1 is 1.18 bits per heavy atom. The first-order chi connectivity index (χ1) is 13.5. The van der Waals surface area contributed by atoms with E-state index in [0.29, 0.717) is 21.1 Å². The largest absolute Gasteiger partial charge is 0.496 e. The van der Waals surface area contributed by atoms with Gasteiger partial charge < -0.3 is 4.74 Å². The number of hydrogen-bond acceptors (Lipinski definition) is 5. The topological polar surface area (TPSA) is 56.5 Å². The first-order valence-corrected chi connectivity index (χ1v) is 9.83. The molecule has 0 radical (unpaired) electrons. The van der Waals surface area contributed by atoms with E-state index in [9.17, 15) is 9.18 Å². The quantitative estimate of drug-likeness (QED) is 0.467. The van der Waals surface area contributed by atoms with Gasteiger partial charge in [-0.1, -0.05) is 45.5 Å². The zero-order chi connectivity index (χ0) is 19.7. The van der Waals surface area contributed by atoms with Crippen LogP contribution in [0.3, 0.4) is 0 Å². The highest BCUT2D eigenvalue weighted by molar-refractivity contribution is 9.10. The fourth-order valence-electron chi connectivity index (χ4n) is 2.62. The van der Waals surface area contributed by atoms with Crippen LogP contribution in [-0.4, -0.2) is 21.7 Å². The lowest BCUT2D eigenvalue weighted by Crippen LogP contribution is -2.23. The highest BCUT2D eigenvalue weighted by atomic mass is 79.9. The minimum absolute atomic E-state index is 0.240. The summed E-state index contributed by atoms with van der Waals surface area (Å²) in [7, 11) is 1.58. The van der Waals surface area contributed by atoms with Crippen LogP contribution in [0.5, 0.6) is 5.75 Å². The summed E-state index contributed by atoms with van der Waals surface area (Å²) < 4.78 is 21.0. The van der Waals surface area contributed by atoms with Gasteiger partial charge in [-0.3, -0.25) is 4.79 Å². The SMILES string of the molecule is COc1ccc(Br)cc1C=c1sc2nc(C=Cc3ccc(F)cc3)nn2c1=O. The van der Waals surface area contributed by atoms with E-state index in [4.69, 9.17) is 4.74 Å². The molecule has 0 aliphatic carbocycles. The molecule has 0 spiro atoms. The lowest BCUT2D eigenvalue weighted by atomic mass is 10.2. The molecule has 2 heterocycles. The first-order valence-electron chi connectivity index (χ1n) is 8.22. The molecule has 4 aromatic rings. The summed E-state index contributed by atoms with van der Waals surface area (Å²) in [5, 5.41) is 4.25. The Morgan fingerprint density at radius 2 is 1.96 bits per heavy atom. The molecular weight excluding hydrogens is 445 g/mol. The van der Waals surface area contributed by atoms with Gasteiger partial charge in [-0.25, -0.2) is 4.39 Å². The Labute approximate surface area is 171 Å². The minimum atomic E-state index is -0.292. The van der Waals surface area contributed by atoms with Crippen molar-refractivity contribution in [1.82, 2.24) is 14.6 Å². The second kappa shape index (κ2) is 7.65. The predicted octanol–water partition coefficient (Wildman–Crippen LogP) is 3.78. The first kappa shape index (κ1) is 18.5. The fourth-order valence-corrected chi connectivity index (χ4v) is 3.91. The number of methoxy groups -OCH3 is 1. The number of halogens is 2. The summed E-state index contributed by atoms with van der Waals surface area (Å²) in [6, 6.07) is 11.7. The van der Waals surface area contributed by atoms with Crippen LogP contribution in [0.25, 0.3) is 23.2 Å². The zero-order valence-electron chi connectivity index (χ0n) is 14.6. The van der Waals surface area contributed by atoms with Gasteiger partial charge in [0.25, 0.3) is 5.56 Å². The lowest BCUT2D eigenvalue weighted by Gasteiger charge is -2.04. The van der Waals surface area contributed by atoms with Gasteiger partial charge in [-0.2, -0.15) is 9.50 Å². The van der Waals surface area contributed by atoms with Gasteiger partial charge in [-0.15, -0.1) is 5.10 Å². The Hall–Kier alpha value is -2.84. The number of aromatic nitrogens is 3. The third-order valence-electron chi connectivity index (χ3n) is 3.97. The molecule has 5 nitrogen and oxygen atoms in total. The zero-order valence-corrected chi connectivity index (χ0v) is 17.0. The summed E-state index contributed by atoms with van der Waals surface area (Å²) in [6.07, 6.45) is 5.22. The van der Waals surface area contributed by atoms with E-state index in [0.717, 1.165) is 15.6 Å². The summed E-state index contributed by atoms with van der Waals surface area (Å²) in [5.74, 6) is 0.795. The van der Waals surface area contributed by atoms with E-state index in [-0.39, 0.29) is 11.4 Å². The van der Waals surface area contributed by atoms with E-state index in [1.165, 1.54) is 28.0 Å². The van der Waals surface area contributed by atoms with Crippen LogP contribution in [0.1, 0.15) is 17.0 Å². The van der Waals surface area contributed by atoms with Crippen LogP contribution in [-0.2, 0) is 0 Å². The third kappa shape index (κ3) is 3.74. The second-order valence-electron chi connectivity index (χ2n) is 5.85. The number of benzene rings is 2. The molecule has 2 aromatic carbocycles. The van der Waals surface area contributed by atoms with Crippen LogP contribution >= 0.6 is 27.3 Å². The lowest BCUT2D eigenvalue weighted by molar-refractivity contribution is 0.414. The van der Waals surface area contributed by atoms with Crippen molar-refractivity contribution in [1.29, 1.82) is 0 Å². The van der Waals surface area contributed by atoms with Gasteiger partial charge in [0.05, 0.1) is 11.6 Å². The molecule has 0 unspecified atom stereocenters. The molecule has 0 saturated heterocycles. The van der Waals surface area contributed by atoms with E-state index in [1.54, 1.807) is 37.5 Å². The van der Waals surface area contributed by atoms with E-state index in [2.05, 4.69) is 26.0 Å². The number of rotatable bonds is 4. The molecule has 0 atom stereocenters. The number of thiazole rings is 1. The van der Waals surface area contributed by atoms with Gasteiger partial charge in [0, 0.05) is 10.0 Å². The molecule has 0 fully saturated rings. The van der Waals surface area contributed by atoms with E-state index >= 15 is 0 Å². The molecular formula is C20H13BrFN3O2S. The van der Waals surface area contributed by atoms with Gasteiger partial charge >= 0.3 is 0 Å². The Bertz CT molecular complexity index is 1300. The maximum absolute atomic E-state index is 13.0. The van der Waals surface area contributed by atoms with Crippen LogP contribution in [0.4, 0.5) is 4.39 Å². The van der Waals surface area contributed by atoms with Crippen molar-refractivity contribution in [3.63, 3.8) is 0 Å². The standard InChI is InChI=1S/C20H13BrFN3O2S/c1-27-16-8-5-14(21)10-13(16)11-17-19(26)25-20(28-17)23-18(24-25)9-4-12-2-6-15(22)7-3-12/h2-11H,1H3. The van der Waals surface area contributed by atoms with Crippen molar-refractivity contribution in [2.24, 2.45) is 0 Å². The fraction of sp³-hybridized carbons (Fsp3) is 0.0500. The third-order valence-corrected chi connectivity index (χ3v) is 5.42. The second-order valence-corrected chi connectivity index (χ2v) is 7.78. The minimum Gasteiger partial charge on any atom is -0.496 e. The molecule has 0 saturated carbocycles. The highest BCUT2D eigenvalue weighted by Gasteiger charge is 2.10. The molecule has 140 valence electrons. The number of nitrogens with zero attached hydrogens (tertiary/aromatic N) is 3. The monoisotopic (exact) mass is 457 g/mol. The van der Waals surface area contributed by atoms with Gasteiger partial charge in [0.2, 0.25) is 4.96 Å². The van der Waals surface area contributed by atoms with E-state index < -0.39 is 0 Å². The molecule has 0 N–H and O–H groups in total. The summed E-state index contributed by atoms with van der Waals surface area (Å²) in [6.45, 7) is 0. The number of hydrogen-bond donors (Lipinski definition) is 0. The van der Waals surface area contributed by atoms with Crippen LogP contribution in [0.15, 0.2) is 51.7 Å². The maximum Gasteiger partial charge on any atom is 0.291 e. The Morgan fingerprint density at radius 3 is 2.68 bits per heavy atom. The van der Waals surface area contributed by atoms with Crippen molar-refractivity contribution < 1.29 is 9.13 Å². The van der Waals surface area contributed by atoms with Crippen LogP contribution in [0, 0.1) is 5.82 Å². The average molecular weight is 458 g/mol. The Balaban J connectivity index is 1.70. The molecule has 0 aliphatic rings. The summed E-state index contributed by atoms with van der Waals surface area (Å²) in [4.78, 5) is 17.5. The molecule has 4 rings (SSSR count). The van der Waals surface area contributed by atoms with Crippen LogP contribution < -0.4 is 14.8 Å². The highest BCUT2D eigenvalue weighted by Crippen LogP contribution is 2.23. The van der Waals surface area contributed by atoms with Crippen LogP contribution in [0.2, 0.25) is 0 Å². The molecule has 8 heteroatoms. The van der Waals surface area contributed by atoms with Crippen molar-refractivity contribution in [2.75, 3.05) is 7.11 Å². The average Bonchev–Trinajstić information content (AvgIpc) is 3.21. The van der Waals surface area contributed by atoms with Gasteiger partial charge in [0.1, 0.15) is 11.6 Å². The molecule has 28 heavy (non-hydrogen) atoms.